The zero-order chi connectivity index (χ0) is 29.5. The van der Waals surface area contributed by atoms with E-state index >= 15 is 0 Å². The molecule has 5 aliphatic carbocycles. The normalized spacial score (nSPS) is 54.9. The number of aldehydes is 1. The third kappa shape index (κ3) is 4.00. The molecule has 0 aromatic rings. The summed E-state index contributed by atoms with van der Waals surface area (Å²) in [7, 11) is 0. The molecular formula is C30H44O11. The van der Waals surface area contributed by atoms with Crippen LogP contribution in [-0.4, -0.2) is 109 Å². The number of rotatable bonds is 5. The van der Waals surface area contributed by atoms with Gasteiger partial charge in [0.25, 0.3) is 0 Å². The maximum atomic E-state index is 13.0. The van der Waals surface area contributed by atoms with Gasteiger partial charge in [0.2, 0.25) is 0 Å². The molecule has 5 fully saturated rings. The minimum atomic E-state index is -1.47. The number of hydrogen-bond donors (Lipinski definition) is 7. The molecule has 0 aromatic carbocycles. The average Bonchev–Trinajstić information content (AvgIpc) is 3.49. The van der Waals surface area contributed by atoms with Crippen LogP contribution >= 0.6 is 0 Å². The Balaban J connectivity index is 1.24. The highest BCUT2D eigenvalue weighted by atomic mass is 16.5. The third-order valence-corrected chi connectivity index (χ3v) is 12.6. The first-order valence-corrected chi connectivity index (χ1v) is 15.1. The molecule has 11 heteroatoms. The van der Waals surface area contributed by atoms with Crippen LogP contribution in [0.2, 0.25) is 0 Å². The Morgan fingerprint density at radius 3 is 2.41 bits per heavy atom. The lowest BCUT2D eigenvalue weighted by molar-refractivity contribution is -0.276. The summed E-state index contributed by atoms with van der Waals surface area (Å²) >= 11 is 0. The van der Waals surface area contributed by atoms with Gasteiger partial charge in [0.15, 0.2) is 0 Å². The second-order valence-corrected chi connectivity index (χ2v) is 14.0. The first-order chi connectivity index (χ1) is 19.3. The number of fused-ring (bicyclic) bond motifs is 5. The maximum Gasteiger partial charge on any atom is 0.331 e. The van der Waals surface area contributed by atoms with Gasteiger partial charge in [-0.1, -0.05) is 6.92 Å². The molecule has 0 bridgehead atoms. The molecule has 11 nitrogen and oxygen atoms in total. The van der Waals surface area contributed by atoms with E-state index in [9.17, 15) is 45.3 Å². The van der Waals surface area contributed by atoms with E-state index < -0.39 is 76.5 Å². The summed E-state index contributed by atoms with van der Waals surface area (Å²) in [4.78, 5) is 24.8. The monoisotopic (exact) mass is 580 g/mol. The molecule has 0 amide bonds. The van der Waals surface area contributed by atoms with E-state index in [2.05, 4.69) is 0 Å². The van der Waals surface area contributed by atoms with Crippen molar-refractivity contribution in [1.82, 2.24) is 0 Å². The summed E-state index contributed by atoms with van der Waals surface area (Å²) in [6.07, 6.45) is -1.31. The standard InChI is InChI=1S/C30H44O11/c1-27-18(16-9-23(34)40-13-16)4-7-30(27,39)19-3-6-29(38)11-17(2-5-28(29,14-32)20(19)10-22(27)33)41-21-8-15(12-31)24(35)26(37)25(21)36/h9,14-15,17-22,24-26,31,33,35-39H,2-8,10-13H2,1H3. The number of carbonyl (C=O) groups excluding carboxylic acids is 2. The first kappa shape index (κ1) is 29.6. The van der Waals surface area contributed by atoms with Gasteiger partial charge in [-0.15, -0.1) is 0 Å². The van der Waals surface area contributed by atoms with Crippen LogP contribution < -0.4 is 0 Å². The van der Waals surface area contributed by atoms with Gasteiger partial charge in [-0.25, -0.2) is 4.79 Å². The first-order valence-electron chi connectivity index (χ1n) is 15.1. The Kier molecular flexibility index (Phi) is 7.26. The molecule has 5 saturated carbocycles. The van der Waals surface area contributed by atoms with Gasteiger partial charge in [0, 0.05) is 30.4 Å². The minimum absolute atomic E-state index is 0.112. The van der Waals surface area contributed by atoms with E-state index in [0.717, 1.165) is 11.9 Å². The predicted molar refractivity (Wildman–Crippen MR) is 141 cm³/mol. The van der Waals surface area contributed by atoms with E-state index in [4.69, 9.17) is 9.47 Å². The van der Waals surface area contributed by atoms with E-state index in [1.54, 1.807) is 0 Å². The number of cyclic esters (lactones) is 1. The summed E-state index contributed by atoms with van der Waals surface area (Å²) in [6, 6.07) is 0. The van der Waals surface area contributed by atoms with E-state index in [1.807, 2.05) is 6.92 Å². The number of aliphatic hydroxyl groups is 7. The van der Waals surface area contributed by atoms with Crippen LogP contribution in [0.25, 0.3) is 0 Å². The van der Waals surface area contributed by atoms with Crippen LogP contribution in [0, 0.1) is 34.5 Å². The van der Waals surface area contributed by atoms with Crippen LogP contribution in [0.5, 0.6) is 0 Å². The fourth-order valence-corrected chi connectivity index (χ4v) is 10.3. The van der Waals surface area contributed by atoms with Crippen LogP contribution in [0.4, 0.5) is 0 Å². The van der Waals surface area contributed by atoms with Crippen molar-refractivity contribution in [2.75, 3.05) is 13.2 Å². The lowest BCUT2D eigenvalue weighted by Crippen LogP contribution is -2.71. The van der Waals surface area contributed by atoms with Crippen LogP contribution in [0.3, 0.4) is 0 Å². The minimum Gasteiger partial charge on any atom is -0.458 e. The Morgan fingerprint density at radius 1 is 1.00 bits per heavy atom. The summed E-state index contributed by atoms with van der Waals surface area (Å²) in [5, 5.41) is 76.8. The van der Waals surface area contributed by atoms with Crippen molar-refractivity contribution in [2.45, 2.75) is 113 Å². The van der Waals surface area contributed by atoms with E-state index in [0.29, 0.717) is 25.7 Å². The van der Waals surface area contributed by atoms with Crippen LogP contribution in [0.15, 0.2) is 11.6 Å². The molecule has 6 aliphatic rings. The molecule has 14 unspecified atom stereocenters. The molecule has 6 rings (SSSR count). The summed E-state index contributed by atoms with van der Waals surface area (Å²) in [5.74, 6) is -2.09. The molecule has 7 N–H and O–H groups in total. The largest absolute Gasteiger partial charge is 0.458 e. The fourth-order valence-electron chi connectivity index (χ4n) is 10.3. The Morgan fingerprint density at radius 2 is 1.76 bits per heavy atom. The van der Waals surface area contributed by atoms with Gasteiger partial charge in [-0.2, -0.15) is 0 Å². The maximum absolute atomic E-state index is 13.0. The number of hydrogen-bond acceptors (Lipinski definition) is 11. The van der Waals surface area contributed by atoms with Crippen LogP contribution in [-0.2, 0) is 19.1 Å². The van der Waals surface area contributed by atoms with E-state index in [1.165, 1.54) is 6.08 Å². The van der Waals surface area contributed by atoms with Crippen molar-refractivity contribution >= 4 is 12.3 Å². The molecule has 1 aliphatic heterocycles. The highest BCUT2D eigenvalue weighted by molar-refractivity contribution is 5.85. The second kappa shape index (κ2) is 10.1. The molecule has 0 saturated heterocycles. The molecule has 0 aromatic heterocycles. The molecule has 41 heavy (non-hydrogen) atoms. The van der Waals surface area contributed by atoms with E-state index in [-0.39, 0.29) is 57.2 Å². The highest BCUT2D eigenvalue weighted by Gasteiger charge is 2.74. The van der Waals surface area contributed by atoms with Crippen molar-refractivity contribution in [3.8, 4) is 0 Å². The SMILES string of the molecule is CC12C(O)CC3C(CCC4(O)CC(OC5CC(CO)C(O)C(O)C5O)CCC34C=O)C1(O)CCC2C1=CC(=O)OC1. The number of carbonyl (C=O) groups is 2. The highest BCUT2D eigenvalue weighted by Crippen LogP contribution is 2.70. The smallest absolute Gasteiger partial charge is 0.331 e. The zero-order valence-electron chi connectivity index (χ0n) is 23.5. The summed E-state index contributed by atoms with van der Waals surface area (Å²) < 4.78 is 11.3. The number of aliphatic hydroxyl groups excluding tert-OH is 5. The second-order valence-electron chi connectivity index (χ2n) is 14.0. The van der Waals surface area contributed by atoms with Crippen molar-refractivity contribution in [2.24, 2.45) is 34.5 Å². The van der Waals surface area contributed by atoms with Gasteiger partial charge in [0.1, 0.15) is 25.1 Å². The Hall–Kier alpha value is -1.44. The van der Waals surface area contributed by atoms with Crippen molar-refractivity contribution in [1.29, 1.82) is 0 Å². The van der Waals surface area contributed by atoms with Gasteiger partial charge in [-0.3, -0.25) is 0 Å². The molecular weight excluding hydrogens is 536 g/mol. The van der Waals surface area contributed by atoms with Crippen molar-refractivity contribution < 1.29 is 54.8 Å². The van der Waals surface area contributed by atoms with Crippen molar-refractivity contribution in [3.63, 3.8) is 0 Å². The van der Waals surface area contributed by atoms with Gasteiger partial charge >= 0.3 is 5.97 Å². The van der Waals surface area contributed by atoms with Gasteiger partial charge in [0.05, 0.1) is 41.0 Å². The molecule has 0 radical (unpaired) electrons. The van der Waals surface area contributed by atoms with Gasteiger partial charge in [-0.05, 0) is 74.7 Å². The average molecular weight is 581 g/mol. The fraction of sp³-hybridized carbons (Fsp3) is 0.867. The molecule has 230 valence electrons. The number of esters is 1. The van der Waals surface area contributed by atoms with Gasteiger partial charge < -0.3 is 50.0 Å². The molecule has 14 atom stereocenters. The lowest BCUT2D eigenvalue weighted by atomic mass is 9.41. The quantitative estimate of drug-likeness (QED) is 0.161. The van der Waals surface area contributed by atoms with Crippen molar-refractivity contribution in [3.05, 3.63) is 11.6 Å². The lowest BCUT2D eigenvalue weighted by Gasteiger charge is -2.66. The van der Waals surface area contributed by atoms with Crippen LogP contribution in [0.1, 0.15) is 64.7 Å². The Bertz CT molecular complexity index is 1090. The Labute approximate surface area is 239 Å². The predicted octanol–water partition coefficient (Wildman–Crippen LogP) is -0.643. The summed E-state index contributed by atoms with van der Waals surface area (Å²) in [6.45, 7) is 1.66. The number of ether oxygens (including phenoxy) is 2. The zero-order valence-corrected chi connectivity index (χ0v) is 23.5. The molecule has 0 spiro atoms. The molecule has 1 heterocycles. The topological polar surface area (TPSA) is 194 Å². The summed E-state index contributed by atoms with van der Waals surface area (Å²) in [5.41, 5.74) is -4.10. The third-order valence-electron chi connectivity index (χ3n) is 12.6.